The zero-order valence-corrected chi connectivity index (χ0v) is 22.3. The first kappa shape index (κ1) is 32.7. The van der Waals surface area contributed by atoms with Crippen LogP contribution in [0.3, 0.4) is 0 Å². The van der Waals surface area contributed by atoms with Crippen molar-refractivity contribution in [2.75, 3.05) is 33.0 Å². The molecule has 0 atom stereocenters. The van der Waals surface area contributed by atoms with E-state index in [1.165, 1.54) is 83.5 Å². The Balaban J connectivity index is 0. The summed E-state index contributed by atoms with van der Waals surface area (Å²) in [5.74, 6) is 0. The van der Waals surface area contributed by atoms with Gasteiger partial charge in [-0.1, -0.05) is 76.9 Å². The average molecular weight is 459 g/mol. The first-order valence-corrected chi connectivity index (χ1v) is 12.8. The summed E-state index contributed by atoms with van der Waals surface area (Å²) in [6, 6.07) is 0. The van der Waals surface area contributed by atoms with Gasteiger partial charge in [-0.15, -0.1) is 0 Å². The number of hydrogen-bond acceptors (Lipinski definition) is 6. The number of unbranched alkanes of at least 4 members (excludes halogenated alkanes) is 12. The molecule has 0 fully saturated rings. The normalized spacial score (nSPS) is 11.8. The van der Waals surface area contributed by atoms with Crippen LogP contribution >= 0.6 is 0 Å². The van der Waals surface area contributed by atoms with Gasteiger partial charge in [0.05, 0.1) is 26.4 Å². The molecule has 0 N–H and O–H groups in total. The Morgan fingerprint density at radius 2 is 1.07 bits per heavy atom. The summed E-state index contributed by atoms with van der Waals surface area (Å²) in [5.41, 5.74) is 0. The summed E-state index contributed by atoms with van der Waals surface area (Å²) in [7, 11) is -4.62. The molecule has 8 heteroatoms. The van der Waals surface area contributed by atoms with Gasteiger partial charge in [-0.25, -0.2) is 8.42 Å². The summed E-state index contributed by atoms with van der Waals surface area (Å²) >= 11 is 0. The zero-order chi connectivity index (χ0) is 21.5. The van der Waals surface area contributed by atoms with Crippen LogP contribution in [-0.4, -0.2) is 46.0 Å². The van der Waals surface area contributed by atoms with E-state index in [0.717, 1.165) is 13.0 Å². The fourth-order valence-electron chi connectivity index (χ4n) is 2.97. The molecule has 6 nitrogen and oxygen atoms in total. The van der Waals surface area contributed by atoms with Crippen molar-refractivity contribution in [1.82, 2.24) is 0 Å². The smallest absolute Gasteiger partial charge is 0.726 e. The third-order valence-corrected chi connectivity index (χ3v) is 5.08. The van der Waals surface area contributed by atoms with E-state index in [0.29, 0.717) is 13.2 Å². The molecule has 30 heavy (non-hydrogen) atoms. The van der Waals surface area contributed by atoms with E-state index in [-0.39, 0.29) is 42.8 Å². The summed E-state index contributed by atoms with van der Waals surface area (Å²) in [6.45, 7) is 3.63. The first-order valence-electron chi connectivity index (χ1n) is 11.5. The van der Waals surface area contributed by atoms with E-state index in [4.69, 9.17) is 9.47 Å². The minimum Gasteiger partial charge on any atom is -0.726 e. The molecule has 0 aliphatic rings. The Morgan fingerprint density at radius 1 is 0.633 bits per heavy atom. The fraction of sp³-hybridized carbons (Fsp3) is 0.909. The van der Waals surface area contributed by atoms with Crippen LogP contribution in [0.15, 0.2) is 12.2 Å². The van der Waals surface area contributed by atoms with E-state index in [1.807, 2.05) is 0 Å². The van der Waals surface area contributed by atoms with Crippen LogP contribution in [-0.2, 0) is 24.1 Å². The molecule has 0 aliphatic carbocycles. The van der Waals surface area contributed by atoms with Gasteiger partial charge < -0.3 is 14.0 Å². The molecule has 0 bridgehead atoms. The number of allylic oxidation sites excluding steroid dienone is 2. The number of rotatable bonds is 23. The van der Waals surface area contributed by atoms with E-state index < -0.39 is 10.4 Å². The minimum atomic E-state index is -4.62. The monoisotopic (exact) mass is 458 g/mol. The second-order valence-electron chi connectivity index (χ2n) is 7.39. The van der Waals surface area contributed by atoms with Crippen LogP contribution in [0.2, 0.25) is 0 Å². The Morgan fingerprint density at radius 3 is 1.60 bits per heavy atom. The molecule has 0 aromatic carbocycles. The third kappa shape index (κ3) is 30.7. The van der Waals surface area contributed by atoms with Gasteiger partial charge in [-0.2, -0.15) is 0 Å². The maximum absolute atomic E-state index is 10.2. The standard InChI is InChI=1S/C22H44O6S.Na/c1-2-3-4-5-6-7-8-9-10-11-12-13-14-15-16-17-18-26-19-20-27-21-22-28-29(23,24)25;/h9-10H,2-8,11-22H2,1H3,(H,23,24,25);/q;+1/p-1/b10-9+;. The molecule has 0 heterocycles. The van der Waals surface area contributed by atoms with Crippen LogP contribution in [0.1, 0.15) is 96.8 Å². The molecule has 0 aromatic heterocycles. The van der Waals surface area contributed by atoms with Crippen molar-refractivity contribution in [2.45, 2.75) is 96.8 Å². The molecule has 0 spiro atoms. The van der Waals surface area contributed by atoms with Gasteiger partial charge in [0, 0.05) is 6.61 Å². The predicted molar refractivity (Wildman–Crippen MR) is 117 cm³/mol. The van der Waals surface area contributed by atoms with Gasteiger partial charge in [-0.3, -0.25) is 4.18 Å². The second-order valence-corrected chi connectivity index (χ2v) is 8.45. The van der Waals surface area contributed by atoms with Crippen molar-refractivity contribution >= 4 is 10.4 Å². The van der Waals surface area contributed by atoms with Gasteiger partial charge in [0.15, 0.2) is 0 Å². The minimum absolute atomic E-state index is 0. The molecule has 174 valence electrons. The van der Waals surface area contributed by atoms with E-state index in [2.05, 4.69) is 23.3 Å². The molecule has 0 saturated heterocycles. The van der Waals surface area contributed by atoms with Crippen LogP contribution in [0.5, 0.6) is 0 Å². The molecule has 0 saturated carbocycles. The van der Waals surface area contributed by atoms with Crippen molar-refractivity contribution in [3.63, 3.8) is 0 Å². The molecule has 0 rings (SSSR count). The van der Waals surface area contributed by atoms with E-state index in [9.17, 15) is 13.0 Å². The predicted octanol–water partition coefficient (Wildman–Crippen LogP) is 2.54. The van der Waals surface area contributed by atoms with Crippen LogP contribution in [0.4, 0.5) is 0 Å². The zero-order valence-electron chi connectivity index (χ0n) is 19.4. The van der Waals surface area contributed by atoms with Gasteiger partial charge in [0.1, 0.15) is 0 Å². The number of hydrogen-bond donors (Lipinski definition) is 0. The first-order chi connectivity index (χ1) is 14.1. The Hall–Kier alpha value is 0.530. The largest absolute Gasteiger partial charge is 1.00 e. The quantitative estimate of drug-likeness (QED) is 0.0769. The molecule has 0 amide bonds. The third-order valence-electron chi connectivity index (χ3n) is 4.63. The van der Waals surface area contributed by atoms with Crippen LogP contribution in [0.25, 0.3) is 0 Å². The maximum atomic E-state index is 10.2. The SMILES string of the molecule is CCCCCCCC/C=C/CCCCCCCCOCCOCCOS(=O)(=O)[O-].[Na+]. The topological polar surface area (TPSA) is 84.9 Å². The van der Waals surface area contributed by atoms with E-state index >= 15 is 0 Å². The molecule has 0 aromatic rings. The molecule has 0 unspecified atom stereocenters. The summed E-state index contributed by atoms with van der Waals surface area (Å²) < 4.78 is 45.1. The van der Waals surface area contributed by atoms with Crippen molar-refractivity contribution in [1.29, 1.82) is 0 Å². The van der Waals surface area contributed by atoms with Gasteiger partial charge in [-0.05, 0) is 32.1 Å². The Labute approximate surface area is 207 Å². The Kier molecular flexibility index (Phi) is 28.1. The van der Waals surface area contributed by atoms with Crippen molar-refractivity contribution < 1.29 is 56.2 Å². The van der Waals surface area contributed by atoms with Crippen molar-refractivity contribution in [2.24, 2.45) is 0 Å². The van der Waals surface area contributed by atoms with Gasteiger partial charge >= 0.3 is 29.6 Å². The molecular formula is C22H43NaO6S. The van der Waals surface area contributed by atoms with Crippen molar-refractivity contribution in [3.8, 4) is 0 Å². The summed E-state index contributed by atoms with van der Waals surface area (Å²) in [5, 5.41) is 0. The maximum Gasteiger partial charge on any atom is 1.00 e. The van der Waals surface area contributed by atoms with Crippen LogP contribution < -0.4 is 29.6 Å². The van der Waals surface area contributed by atoms with E-state index in [1.54, 1.807) is 0 Å². The molecular weight excluding hydrogens is 415 g/mol. The van der Waals surface area contributed by atoms with Crippen molar-refractivity contribution in [3.05, 3.63) is 12.2 Å². The number of ether oxygens (including phenoxy) is 2. The molecule has 0 aliphatic heterocycles. The van der Waals surface area contributed by atoms with Crippen LogP contribution in [0, 0.1) is 0 Å². The second kappa shape index (κ2) is 25.8. The fourth-order valence-corrected chi connectivity index (χ4v) is 3.24. The Bertz CT molecular complexity index is 457. The molecule has 0 radical (unpaired) electrons. The van der Waals surface area contributed by atoms with Gasteiger partial charge in [0.25, 0.3) is 0 Å². The summed E-state index contributed by atoms with van der Waals surface area (Å²) in [6.07, 6.45) is 22.8. The average Bonchev–Trinajstić information content (AvgIpc) is 2.67. The van der Waals surface area contributed by atoms with Gasteiger partial charge in [0.2, 0.25) is 10.4 Å². The summed E-state index contributed by atoms with van der Waals surface area (Å²) in [4.78, 5) is 0.